The molecule has 36 heavy (non-hydrogen) atoms. The fraction of sp³-hybridized carbons (Fsp3) is 0.308. The van der Waals surface area contributed by atoms with E-state index in [2.05, 4.69) is 42.5 Å². The van der Waals surface area contributed by atoms with Crippen LogP contribution in [-0.2, 0) is 0 Å². The molecule has 1 aliphatic rings. The number of hydrogen-bond acceptors (Lipinski definition) is 7. The van der Waals surface area contributed by atoms with Gasteiger partial charge in [-0.05, 0) is 31.2 Å². The number of aromatic amines is 1. The second-order valence-corrected chi connectivity index (χ2v) is 8.94. The Morgan fingerprint density at radius 1 is 1.22 bits per heavy atom. The second kappa shape index (κ2) is 10.2. The summed E-state index contributed by atoms with van der Waals surface area (Å²) < 4.78 is 16.2. The fourth-order valence-corrected chi connectivity index (χ4v) is 4.74. The second-order valence-electron chi connectivity index (χ2n) is 8.94. The number of H-pyrrole nitrogens is 1. The van der Waals surface area contributed by atoms with E-state index in [0.717, 1.165) is 54.4 Å². The molecule has 1 atom stereocenters. The SMILES string of the molecule is C=C(c1ccc(O)cc1F)N1CCCN(CC(CC#N)n2cc(-c3ncnc4[nH]ccc34)cn2)CC1. The van der Waals surface area contributed by atoms with Crippen molar-refractivity contribution in [1.82, 2.24) is 34.5 Å². The van der Waals surface area contributed by atoms with E-state index >= 15 is 0 Å². The topological polar surface area (TPSA) is 110 Å². The molecule has 1 saturated heterocycles. The highest BCUT2D eigenvalue weighted by Crippen LogP contribution is 2.27. The number of hydrogen-bond donors (Lipinski definition) is 2. The summed E-state index contributed by atoms with van der Waals surface area (Å²) in [5.74, 6) is -0.584. The molecule has 9 nitrogen and oxygen atoms in total. The Labute approximate surface area is 208 Å². The van der Waals surface area contributed by atoms with Crippen molar-refractivity contribution >= 4 is 16.7 Å². The number of rotatable bonds is 7. The van der Waals surface area contributed by atoms with Crippen LogP contribution in [0.3, 0.4) is 0 Å². The summed E-state index contributed by atoms with van der Waals surface area (Å²) in [7, 11) is 0. The van der Waals surface area contributed by atoms with E-state index in [1.165, 1.54) is 12.4 Å². The highest BCUT2D eigenvalue weighted by Gasteiger charge is 2.23. The van der Waals surface area contributed by atoms with Crippen molar-refractivity contribution in [2.75, 3.05) is 32.7 Å². The molecular weight excluding hydrogens is 459 g/mol. The average Bonchev–Trinajstić information content (AvgIpc) is 3.49. The van der Waals surface area contributed by atoms with Crippen molar-refractivity contribution in [3.8, 4) is 23.1 Å². The van der Waals surface area contributed by atoms with E-state index in [0.29, 0.717) is 30.8 Å². The molecule has 10 heteroatoms. The highest BCUT2D eigenvalue weighted by atomic mass is 19.1. The number of halogens is 1. The van der Waals surface area contributed by atoms with Crippen molar-refractivity contribution in [3.63, 3.8) is 0 Å². The van der Waals surface area contributed by atoms with Crippen LogP contribution in [0.5, 0.6) is 5.75 Å². The molecule has 0 amide bonds. The Morgan fingerprint density at radius 3 is 2.94 bits per heavy atom. The monoisotopic (exact) mass is 486 g/mol. The molecular formula is C26H27FN8O. The third-order valence-electron chi connectivity index (χ3n) is 6.63. The molecule has 1 aromatic carbocycles. The van der Waals surface area contributed by atoms with Gasteiger partial charge in [-0.25, -0.2) is 14.4 Å². The first-order valence-corrected chi connectivity index (χ1v) is 11.9. The van der Waals surface area contributed by atoms with Crippen LogP contribution in [0, 0.1) is 17.1 Å². The van der Waals surface area contributed by atoms with Crippen LogP contribution in [0.25, 0.3) is 28.0 Å². The van der Waals surface area contributed by atoms with Gasteiger partial charge in [-0.2, -0.15) is 10.4 Å². The largest absolute Gasteiger partial charge is 0.508 e. The van der Waals surface area contributed by atoms with Crippen molar-refractivity contribution in [2.45, 2.75) is 18.9 Å². The normalized spacial score (nSPS) is 15.5. The highest BCUT2D eigenvalue weighted by molar-refractivity contribution is 5.89. The Bertz CT molecular complexity index is 1420. The number of phenolic OH excluding ortho intramolecular Hbond substituents is 1. The molecule has 4 heterocycles. The number of fused-ring (bicyclic) bond motifs is 1. The first-order chi connectivity index (χ1) is 17.5. The third-order valence-corrected chi connectivity index (χ3v) is 6.63. The molecule has 0 bridgehead atoms. The van der Waals surface area contributed by atoms with Crippen molar-refractivity contribution in [1.29, 1.82) is 5.26 Å². The van der Waals surface area contributed by atoms with Crippen LogP contribution in [0.2, 0.25) is 0 Å². The van der Waals surface area contributed by atoms with E-state index in [9.17, 15) is 14.8 Å². The summed E-state index contributed by atoms with van der Waals surface area (Å²) in [5, 5.41) is 24.5. The molecule has 0 spiro atoms. The van der Waals surface area contributed by atoms with Gasteiger partial charge in [0.1, 0.15) is 23.5 Å². The maximum absolute atomic E-state index is 14.4. The van der Waals surface area contributed by atoms with Gasteiger partial charge in [0, 0.05) is 66.8 Å². The molecule has 1 fully saturated rings. The van der Waals surface area contributed by atoms with Gasteiger partial charge in [-0.3, -0.25) is 9.58 Å². The lowest BCUT2D eigenvalue weighted by molar-refractivity contribution is 0.233. The first kappa shape index (κ1) is 23.5. The maximum atomic E-state index is 14.4. The lowest BCUT2D eigenvalue weighted by Gasteiger charge is -2.27. The Hall–Kier alpha value is -4.23. The van der Waals surface area contributed by atoms with E-state index in [1.807, 2.05) is 23.1 Å². The van der Waals surface area contributed by atoms with Gasteiger partial charge in [0.2, 0.25) is 0 Å². The average molecular weight is 487 g/mol. The van der Waals surface area contributed by atoms with Gasteiger partial charge in [0.05, 0.1) is 30.4 Å². The molecule has 184 valence electrons. The zero-order valence-electron chi connectivity index (χ0n) is 19.8. The molecule has 5 rings (SSSR count). The van der Waals surface area contributed by atoms with Crippen LogP contribution >= 0.6 is 0 Å². The molecule has 0 saturated carbocycles. The zero-order valence-corrected chi connectivity index (χ0v) is 19.8. The lowest BCUT2D eigenvalue weighted by Crippen LogP contribution is -2.34. The molecule has 0 aliphatic carbocycles. The minimum Gasteiger partial charge on any atom is -0.508 e. The maximum Gasteiger partial charge on any atom is 0.141 e. The van der Waals surface area contributed by atoms with Crippen LogP contribution in [0.15, 0.2) is 55.8 Å². The van der Waals surface area contributed by atoms with Crippen molar-refractivity contribution in [3.05, 3.63) is 67.1 Å². The summed E-state index contributed by atoms with van der Waals surface area (Å²) in [6.45, 7) is 7.84. The number of nitrogens with zero attached hydrogens (tertiary/aromatic N) is 7. The van der Waals surface area contributed by atoms with E-state index in [-0.39, 0.29) is 11.8 Å². The predicted octanol–water partition coefficient (Wildman–Crippen LogP) is 3.80. The van der Waals surface area contributed by atoms with Gasteiger partial charge in [0.25, 0.3) is 0 Å². The van der Waals surface area contributed by atoms with Crippen molar-refractivity contribution in [2.24, 2.45) is 0 Å². The van der Waals surface area contributed by atoms with Crippen LogP contribution in [-0.4, -0.2) is 72.4 Å². The minimum absolute atomic E-state index is 0.103. The zero-order chi connectivity index (χ0) is 25.1. The van der Waals surface area contributed by atoms with Gasteiger partial charge < -0.3 is 15.0 Å². The minimum atomic E-state index is -0.481. The molecule has 0 radical (unpaired) electrons. The number of aromatic hydroxyl groups is 1. The van der Waals surface area contributed by atoms with Gasteiger partial charge in [-0.15, -0.1) is 0 Å². The Kier molecular flexibility index (Phi) is 6.64. The first-order valence-electron chi connectivity index (χ1n) is 11.9. The summed E-state index contributed by atoms with van der Waals surface area (Å²) in [5.41, 5.74) is 3.45. The summed E-state index contributed by atoms with van der Waals surface area (Å²) in [4.78, 5) is 16.2. The quantitative estimate of drug-likeness (QED) is 0.409. The molecule has 1 unspecified atom stereocenters. The fourth-order valence-electron chi connectivity index (χ4n) is 4.74. The van der Waals surface area contributed by atoms with Gasteiger partial charge in [-0.1, -0.05) is 6.58 Å². The van der Waals surface area contributed by atoms with Crippen molar-refractivity contribution < 1.29 is 9.50 Å². The summed E-state index contributed by atoms with van der Waals surface area (Å²) in [6.07, 6.45) is 8.29. The Morgan fingerprint density at radius 2 is 2.11 bits per heavy atom. The number of phenols is 1. The molecule has 2 N–H and O–H groups in total. The molecule has 3 aromatic heterocycles. The third kappa shape index (κ3) is 4.78. The van der Waals surface area contributed by atoms with Gasteiger partial charge >= 0.3 is 0 Å². The van der Waals surface area contributed by atoms with Crippen LogP contribution in [0.4, 0.5) is 4.39 Å². The smallest absolute Gasteiger partial charge is 0.141 e. The van der Waals surface area contributed by atoms with E-state index < -0.39 is 5.82 Å². The molecule has 1 aliphatic heterocycles. The summed E-state index contributed by atoms with van der Waals surface area (Å²) in [6, 6.07) is 8.27. The van der Waals surface area contributed by atoms with Crippen LogP contribution < -0.4 is 0 Å². The number of nitrogens with one attached hydrogen (secondary N) is 1. The number of nitriles is 1. The van der Waals surface area contributed by atoms with E-state index in [1.54, 1.807) is 12.3 Å². The predicted molar refractivity (Wildman–Crippen MR) is 134 cm³/mol. The summed E-state index contributed by atoms with van der Waals surface area (Å²) >= 11 is 0. The van der Waals surface area contributed by atoms with Gasteiger partial charge in [0.15, 0.2) is 0 Å². The standard InChI is InChI=1S/C26H27FN8O/c1-18(22-4-3-21(36)13-24(22)27)34-10-2-9-33(11-12-34)16-20(5-7-28)35-15-19(14-32-35)25-23-6-8-29-26(23)31-17-30-25/h3-4,6,8,13-15,17,20,36H,1-2,5,9-12,16H2,(H,29,30,31). The number of benzene rings is 1. The van der Waals surface area contributed by atoms with E-state index in [4.69, 9.17) is 0 Å². The lowest BCUT2D eigenvalue weighted by atomic mass is 10.1. The molecule has 4 aromatic rings. The van der Waals surface area contributed by atoms with Crippen LogP contribution in [0.1, 0.15) is 24.4 Å². The number of aromatic nitrogens is 5. The Balaban J connectivity index is 1.28.